The first kappa shape index (κ1) is 17.7. The number of aryl methyl sites for hydroxylation is 1. The van der Waals surface area contributed by atoms with Gasteiger partial charge in [0, 0.05) is 25.0 Å². The van der Waals surface area contributed by atoms with Crippen molar-refractivity contribution >= 4 is 17.5 Å². The highest BCUT2D eigenvalue weighted by atomic mass is 16.2. The quantitative estimate of drug-likeness (QED) is 0.712. The molecule has 1 aliphatic rings. The largest absolute Gasteiger partial charge is 0.331 e. The Hall–Kier alpha value is -3.75. The summed E-state index contributed by atoms with van der Waals surface area (Å²) in [6.45, 7) is 1.45. The molecule has 3 aromatic rings. The smallest absolute Gasteiger partial charge is 0.276 e. The van der Waals surface area contributed by atoms with Gasteiger partial charge in [0.2, 0.25) is 0 Å². The summed E-state index contributed by atoms with van der Waals surface area (Å²) in [5.74, 6) is -0.576. The summed E-state index contributed by atoms with van der Waals surface area (Å²) in [5, 5.41) is 7.20. The number of fused-ring (bicyclic) bond motifs is 1. The summed E-state index contributed by atoms with van der Waals surface area (Å²) in [4.78, 5) is 44.3. The van der Waals surface area contributed by atoms with Crippen molar-refractivity contribution in [2.24, 2.45) is 0 Å². The molecule has 1 aliphatic heterocycles. The molecule has 4 rings (SSSR count). The third kappa shape index (κ3) is 3.68. The summed E-state index contributed by atoms with van der Waals surface area (Å²) in [7, 11) is 0. The second kappa shape index (κ2) is 7.47. The molecule has 9 nitrogen and oxygen atoms in total. The van der Waals surface area contributed by atoms with E-state index in [1.807, 2.05) is 18.2 Å². The van der Waals surface area contributed by atoms with Crippen molar-refractivity contribution in [3.05, 3.63) is 76.2 Å². The molecule has 9 heteroatoms. The molecule has 0 aliphatic carbocycles. The number of benzene rings is 1. The average molecular weight is 378 g/mol. The summed E-state index contributed by atoms with van der Waals surface area (Å²) in [5.41, 5.74) is 1.58. The SMILES string of the molecule is O=C(Nc1ccccc1)c1cc2n(n1)CCCN(C(=O)c1c[nH]c(=O)cn1)C2. The maximum Gasteiger partial charge on any atom is 0.276 e. The highest BCUT2D eigenvalue weighted by molar-refractivity contribution is 6.02. The Labute approximate surface area is 160 Å². The van der Waals surface area contributed by atoms with E-state index in [1.165, 1.54) is 6.20 Å². The van der Waals surface area contributed by atoms with E-state index in [1.54, 1.807) is 27.8 Å². The van der Waals surface area contributed by atoms with Gasteiger partial charge in [0.1, 0.15) is 5.69 Å². The van der Waals surface area contributed by atoms with Gasteiger partial charge in [0.25, 0.3) is 17.4 Å². The van der Waals surface area contributed by atoms with E-state index in [4.69, 9.17) is 0 Å². The fraction of sp³-hybridized carbons (Fsp3) is 0.211. The Morgan fingerprint density at radius 1 is 1.11 bits per heavy atom. The van der Waals surface area contributed by atoms with Crippen molar-refractivity contribution in [1.29, 1.82) is 0 Å². The van der Waals surface area contributed by atoms with Gasteiger partial charge in [0.05, 0.1) is 18.4 Å². The second-order valence-corrected chi connectivity index (χ2v) is 6.44. The maximum absolute atomic E-state index is 12.7. The highest BCUT2D eigenvalue weighted by Crippen LogP contribution is 2.16. The normalized spacial score (nSPS) is 13.5. The zero-order valence-electron chi connectivity index (χ0n) is 15.0. The van der Waals surface area contributed by atoms with Gasteiger partial charge in [-0.25, -0.2) is 4.98 Å². The standard InChI is InChI=1S/C19H18N6O3/c26-17-11-20-16(10-21-17)19(28)24-7-4-8-25-14(12-24)9-15(23-25)18(27)22-13-5-2-1-3-6-13/h1-3,5-6,9-11H,4,7-8,12H2,(H,21,26)(H,22,27). The van der Waals surface area contributed by atoms with Crippen LogP contribution in [0.1, 0.15) is 33.1 Å². The molecule has 3 heterocycles. The number of carbonyl (C=O) groups excluding carboxylic acids is 2. The third-order valence-corrected chi connectivity index (χ3v) is 4.46. The number of nitrogens with one attached hydrogen (secondary N) is 2. The molecule has 1 aromatic carbocycles. The number of hydrogen-bond donors (Lipinski definition) is 2. The molecule has 2 amide bonds. The van der Waals surface area contributed by atoms with Crippen LogP contribution in [0.4, 0.5) is 5.69 Å². The first-order valence-electron chi connectivity index (χ1n) is 8.87. The van der Waals surface area contributed by atoms with Crippen molar-refractivity contribution in [1.82, 2.24) is 24.6 Å². The van der Waals surface area contributed by atoms with Crippen LogP contribution in [0.3, 0.4) is 0 Å². The number of amides is 2. The molecule has 0 saturated heterocycles. The zero-order chi connectivity index (χ0) is 19.5. The Morgan fingerprint density at radius 2 is 1.93 bits per heavy atom. The van der Waals surface area contributed by atoms with Crippen LogP contribution in [0, 0.1) is 0 Å². The summed E-state index contributed by atoms with van der Waals surface area (Å²) < 4.78 is 1.76. The van der Waals surface area contributed by atoms with Gasteiger partial charge in [-0.2, -0.15) is 5.10 Å². The van der Waals surface area contributed by atoms with Crippen LogP contribution in [0.5, 0.6) is 0 Å². The molecule has 142 valence electrons. The Balaban J connectivity index is 1.52. The van der Waals surface area contributed by atoms with Crippen LogP contribution in [0.25, 0.3) is 0 Å². The predicted octanol–water partition coefficient (Wildman–Crippen LogP) is 1.26. The number of para-hydroxylation sites is 1. The number of nitrogens with zero attached hydrogens (tertiary/aromatic N) is 4. The number of anilines is 1. The molecular formula is C19H18N6O3. The van der Waals surface area contributed by atoms with E-state index in [-0.39, 0.29) is 23.1 Å². The number of aromatic amines is 1. The predicted molar refractivity (Wildman–Crippen MR) is 101 cm³/mol. The first-order chi connectivity index (χ1) is 13.6. The first-order valence-corrected chi connectivity index (χ1v) is 8.87. The summed E-state index contributed by atoms with van der Waals surface area (Å²) >= 11 is 0. The Bertz CT molecular complexity index is 1050. The third-order valence-electron chi connectivity index (χ3n) is 4.46. The highest BCUT2D eigenvalue weighted by Gasteiger charge is 2.24. The molecule has 0 fully saturated rings. The zero-order valence-corrected chi connectivity index (χ0v) is 15.0. The molecule has 0 bridgehead atoms. The van der Waals surface area contributed by atoms with Crippen LogP contribution in [0.2, 0.25) is 0 Å². The monoisotopic (exact) mass is 378 g/mol. The minimum Gasteiger partial charge on any atom is -0.331 e. The number of hydrogen-bond acceptors (Lipinski definition) is 5. The van der Waals surface area contributed by atoms with Crippen molar-refractivity contribution < 1.29 is 9.59 Å². The lowest BCUT2D eigenvalue weighted by Crippen LogP contribution is -2.32. The van der Waals surface area contributed by atoms with Crippen LogP contribution < -0.4 is 10.9 Å². The number of H-pyrrole nitrogens is 1. The van der Waals surface area contributed by atoms with Gasteiger partial charge < -0.3 is 15.2 Å². The van der Waals surface area contributed by atoms with Crippen LogP contribution in [0.15, 0.2) is 53.6 Å². The minimum atomic E-state index is -0.362. The topological polar surface area (TPSA) is 113 Å². The van der Waals surface area contributed by atoms with Gasteiger partial charge in [-0.15, -0.1) is 0 Å². The molecule has 28 heavy (non-hydrogen) atoms. The fourth-order valence-corrected chi connectivity index (χ4v) is 3.08. The van der Waals surface area contributed by atoms with Crippen molar-refractivity contribution in [2.45, 2.75) is 19.5 Å². The van der Waals surface area contributed by atoms with E-state index in [0.29, 0.717) is 37.4 Å². The molecule has 0 atom stereocenters. The van der Waals surface area contributed by atoms with E-state index in [0.717, 1.165) is 11.9 Å². The van der Waals surface area contributed by atoms with E-state index >= 15 is 0 Å². The van der Waals surface area contributed by atoms with E-state index < -0.39 is 0 Å². The van der Waals surface area contributed by atoms with Crippen LogP contribution in [-0.4, -0.2) is 43.0 Å². The number of carbonyl (C=O) groups is 2. The molecule has 0 spiro atoms. The number of aromatic nitrogens is 4. The molecular weight excluding hydrogens is 360 g/mol. The Kier molecular flexibility index (Phi) is 4.71. The minimum absolute atomic E-state index is 0.176. The Morgan fingerprint density at radius 3 is 2.68 bits per heavy atom. The summed E-state index contributed by atoms with van der Waals surface area (Å²) in [6, 6.07) is 10.9. The van der Waals surface area contributed by atoms with Crippen molar-refractivity contribution in [3.8, 4) is 0 Å². The lowest BCUT2D eigenvalue weighted by Gasteiger charge is -2.19. The maximum atomic E-state index is 12.7. The molecule has 2 aromatic heterocycles. The fourth-order valence-electron chi connectivity index (χ4n) is 3.08. The van der Waals surface area contributed by atoms with E-state index in [9.17, 15) is 14.4 Å². The molecule has 2 N–H and O–H groups in total. The van der Waals surface area contributed by atoms with Gasteiger partial charge in [-0.05, 0) is 24.6 Å². The number of rotatable bonds is 3. The lowest BCUT2D eigenvalue weighted by atomic mass is 10.2. The second-order valence-electron chi connectivity index (χ2n) is 6.44. The molecule has 0 saturated carbocycles. The van der Waals surface area contributed by atoms with Crippen LogP contribution >= 0.6 is 0 Å². The van der Waals surface area contributed by atoms with Gasteiger partial charge in [0.15, 0.2) is 5.69 Å². The molecule has 0 unspecified atom stereocenters. The van der Waals surface area contributed by atoms with E-state index in [2.05, 4.69) is 20.4 Å². The molecule has 0 radical (unpaired) electrons. The van der Waals surface area contributed by atoms with Gasteiger partial charge in [-0.1, -0.05) is 18.2 Å². The van der Waals surface area contributed by atoms with Crippen molar-refractivity contribution in [3.63, 3.8) is 0 Å². The average Bonchev–Trinajstić information content (AvgIpc) is 3.00. The lowest BCUT2D eigenvalue weighted by molar-refractivity contribution is 0.0739. The van der Waals surface area contributed by atoms with Gasteiger partial charge in [-0.3, -0.25) is 19.1 Å². The summed E-state index contributed by atoms with van der Waals surface area (Å²) in [6.07, 6.45) is 3.09. The van der Waals surface area contributed by atoms with Crippen LogP contribution in [-0.2, 0) is 13.1 Å². The van der Waals surface area contributed by atoms with Crippen molar-refractivity contribution in [2.75, 3.05) is 11.9 Å². The van der Waals surface area contributed by atoms with Gasteiger partial charge >= 0.3 is 0 Å².